The average Bonchev–Trinajstić information content (AvgIpc) is 2.73. The van der Waals surface area contributed by atoms with E-state index in [2.05, 4.69) is 95.9 Å². The van der Waals surface area contributed by atoms with E-state index in [4.69, 9.17) is 4.98 Å². The van der Waals surface area contributed by atoms with Gasteiger partial charge in [-0.15, -0.1) is 0 Å². The number of benzene rings is 2. The van der Waals surface area contributed by atoms with Gasteiger partial charge < -0.3 is 5.32 Å². The number of anilines is 1. The fraction of sp³-hybridized carbons (Fsp3) is 0.250. The Morgan fingerprint density at radius 2 is 1.47 bits per heavy atom. The maximum Gasteiger partial charge on any atom is 0.129 e. The fourth-order valence-corrected chi connectivity index (χ4v) is 3.65. The summed E-state index contributed by atoms with van der Waals surface area (Å²) in [4.78, 5) is 4.72. The third kappa shape index (κ3) is 4.54. The highest BCUT2D eigenvalue weighted by atomic mass is 15.0. The SMILES string of the molecule is C=C/C=C\c1ccc(C(Nc2ncc(C)c(C)c2C)c2ccc(C)c(C)c2)cc1C. The Labute approximate surface area is 181 Å². The molecule has 0 saturated heterocycles. The maximum absolute atomic E-state index is 4.72. The first-order chi connectivity index (χ1) is 14.3. The monoisotopic (exact) mass is 396 g/mol. The Hall–Kier alpha value is -3.13. The predicted molar refractivity (Wildman–Crippen MR) is 130 cm³/mol. The molecular formula is C28H32N2. The van der Waals surface area contributed by atoms with Gasteiger partial charge in [0.2, 0.25) is 0 Å². The van der Waals surface area contributed by atoms with Gasteiger partial charge in [-0.3, -0.25) is 0 Å². The first-order valence-electron chi connectivity index (χ1n) is 10.5. The molecular weight excluding hydrogens is 364 g/mol. The minimum Gasteiger partial charge on any atom is -0.359 e. The van der Waals surface area contributed by atoms with E-state index in [9.17, 15) is 0 Å². The largest absolute Gasteiger partial charge is 0.359 e. The summed E-state index contributed by atoms with van der Waals surface area (Å²) in [5, 5.41) is 3.74. The number of aromatic nitrogens is 1. The van der Waals surface area contributed by atoms with E-state index in [0.29, 0.717) is 0 Å². The van der Waals surface area contributed by atoms with E-state index in [1.165, 1.54) is 50.1 Å². The number of nitrogens with zero attached hydrogens (tertiary/aromatic N) is 1. The summed E-state index contributed by atoms with van der Waals surface area (Å²) in [7, 11) is 0. The van der Waals surface area contributed by atoms with Gasteiger partial charge in [0.15, 0.2) is 0 Å². The molecule has 0 bridgehead atoms. The Balaban J connectivity index is 2.09. The second kappa shape index (κ2) is 9.13. The zero-order valence-electron chi connectivity index (χ0n) is 19.0. The Kier molecular flexibility index (Phi) is 6.56. The van der Waals surface area contributed by atoms with Crippen molar-refractivity contribution in [2.24, 2.45) is 0 Å². The zero-order valence-corrected chi connectivity index (χ0v) is 19.0. The minimum atomic E-state index is 0.0220. The van der Waals surface area contributed by atoms with Gasteiger partial charge in [-0.1, -0.05) is 61.2 Å². The van der Waals surface area contributed by atoms with Crippen LogP contribution in [0.3, 0.4) is 0 Å². The van der Waals surface area contributed by atoms with Gasteiger partial charge in [0, 0.05) is 6.20 Å². The molecule has 1 atom stereocenters. The van der Waals surface area contributed by atoms with Crippen molar-refractivity contribution >= 4 is 11.9 Å². The molecule has 0 aliphatic rings. The van der Waals surface area contributed by atoms with Gasteiger partial charge in [0.1, 0.15) is 5.82 Å². The Morgan fingerprint density at radius 1 is 0.800 bits per heavy atom. The Bertz CT molecular complexity index is 1110. The average molecular weight is 397 g/mol. The highest BCUT2D eigenvalue weighted by molar-refractivity contribution is 5.58. The van der Waals surface area contributed by atoms with Gasteiger partial charge >= 0.3 is 0 Å². The van der Waals surface area contributed by atoms with E-state index < -0.39 is 0 Å². The van der Waals surface area contributed by atoms with E-state index in [1.807, 2.05) is 12.3 Å². The molecule has 2 aromatic carbocycles. The van der Waals surface area contributed by atoms with Gasteiger partial charge in [-0.05, 0) is 91.6 Å². The molecule has 30 heavy (non-hydrogen) atoms. The van der Waals surface area contributed by atoms with Crippen LogP contribution in [0.2, 0.25) is 0 Å². The second-order valence-corrected chi connectivity index (χ2v) is 8.17. The molecule has 1 N–H and O–H groups in total. The Morgan fingerprint density at radius 3 is 2.10 bits per heavy atom. The molecule has 3 rings (SSSR count). The normalized spacial score (nSPS) is 12.2. The van der Waals surface area contributed by atoms with Gasteiger partial charge in [0.05, 0.1) is 6.04 Å². The molecule has 0 fully saturated rings. The van der Waals surface area contributed by atoms with Crippen LogP contribution in [0.4, 0.5) is 5.82 Å². The standard InChI is InChI=1S/C28H32N2/c1-8-9-10-24-13-14-26(16-20(24)4)27(25-12-11-18(2)19(3)15-25)30-28-23(7)22(6)21(5)17-29-28/h8-17,27H,1H2,2-7H3,(H,29,30)/b10-9-. The molecule has 2 heteroatoms. The molecule has 154 valence electrons. The summed E-state index contributed by atoms with van der Waals surface area (Å²) in [6.07, 6.45) is 7.83. The van der Waals surface area contributed by atoms with Crippen LogP contribution >= 0.6 is 0 Å². The summed E-state index contributed by atoms with van der Waals surface area (Å²) in [5.74, 6) is 0.939. The quantitative estimate of drug-likeness (QED) is 0.441. The molecule has 0 aliphatic carbocycles. The molecule has 3 aromatic rings. The summed E-state index contributed by atoms with van der Waals surface area (Å²) >= 11 is 0. The van der Waals surface area contributed by atoms with Crippen LogP contribution in [0.1, 0.15) is 56.1 Å². The smallest absolute Gasteiger partial charge is 0.129 e. The van der Waals surface area contributed by atoms with Crippen LogP contribution in [0, 0.1) is 41.5 Å². The number of pyridine rings is 1. The predicted octanol–water partition coefficient (Wildman–Crippen LogP) is 7.33. The lowest BCUT2D eigenvalue weighted by atomic mass is 9.93. The van der Waals surface area contributed by atoms with Gasteiger partial charge in [-0.25, -0.2) is 4.98 Å². The van der Waals surface area contributed by atoms with Crippen molar-refractivity contribution in [3.8, 4) is 0 Å². The van der Waals surface area contributed by atoms with Crippen LogP contribution in [0.5, 0.6) is 0 Å². The summed E-state index contributed by atoms with van der Waals surface area (Å²) < 4.78 is 0. The molecule has 0 aliphatic heterocycles. The number of aryl methyl sites for hydroxylation is 4. The van der Waals surface area contributed by atoms with E-state index in [0.717, 1.165) is 5.82 Å². The van der Waals surface area contributed by atoms with Crippen LogP contribution in [0.25, 0.3) is 6.08 Å². The van der Waals surface area contributed by atoms with Crippen LogP contribution < -0.4 is 5.32 Å². The lowest BCUT2D eigenvalue weighted by Crippen LogP contribution is -2.15. The van der Waals surface area contributed by atoms with Crippen molar-refractivity contribution in [2.75, 3.05) is 5.32 Å². The number of allylic oxidation sites excluding steroid dienone is 2. The number of rotatable bonds is 6. The molecule has 0 spiro atoms. The number of nitrogens with one attached hydrogen (secondary N) is 1. The van der Waals surface area contributed by atoms with E-state index in [1.54, 1.807) is 6.08 Å². The van der Waals surface area contributed by atoms with Crippen molar-refractivity contribution in [1.29, 1.82) is 0 Å². The molecule has 0 radical (unpaired) electrons. The van der Waals surface area contributed by atoms with Crippen molar-refractivity contribution in [3.05, 3.63) is 111 Å². The van der Waals surface area contributed by atoms with Crippen LogP contribution in [0.15, 0.2) is 61.3 Å². The van der Waals surface area contributed by atoms with Gasteiger partial charge in [-0.2, -0.15) is 0 Å². The minimum absolute atomic E-state index is 0.0220. The van der Waals surface area contributed by atoms with Crippen molar-refractivity contribution in [2.45, 2.75) is 47.6 Å². The highest BCUT2D eigenvalue weighted by Gasteiger charge is 2.18. The number of hydrogen-bond donors (Lipinski definition) is 1. The van der Waals surface area contributed by atoms with Crippen molar-refractivity contribution in [1.82, 2.24) is 4.98 Å². The summed E-state index contributed by atoms with van der Waals surface area (Å²) in [6, 6.07) is 13.4. The lowest BCUT2D eigenvalue weighted by Gasteiger charge is -2.24. The first kappa shape index (κ1) is 21.6. The van der Waals surface area contributed by atoms with Crippen molar-refractivity contribution < 1.29 is 0 Å². The van der Waals surface area contributed by atoms with E-state index in [-0.39, 0.29) is 6.04 Å². The lowest BCUT2D eigenvalue weighted by molar-refractivity contribution is 0.913. The maximum atomic E-state index is 4.72. The van der Waals surface area contributed by atoms with E-state index >= 15 is 0 Å². The zero-order chi connectivity index (χ0) is 21.8. The van der Waals surface area contributed by atoms with Crippen LogP contribution in [-0.2, 0) is 0 Å². The van der Waals surface area contributed by atoms with Crippen LogP contribution in [-0.4, -0.2) is 4.98 Å². The second-order valence-electron chi connectivity index (χ2n) is 8.17. The molecule has 0 saturated carbocycles. The fourth-order valence-electron chi connectivity index (χ4n) is 3.65. The molecule has 2 nitrogen and oxygen atoms in total. The molecule has 1 unspecified atom stereocenters. The molecule has 0 amide bonds. The van der Waals surface area contributed by atoms with Crippen molar-refractivity contribution in [3.63, 3.8) is 0 Å². The first-order valence-corrected chi connectivity index (χ1v) is 10.5. The third-order valence-electron chi connectivity index (χ3n) is 6.08. The number of hydrogen-bond acceptors (Lipinski definition) is 2. The molecule has 1 aromatic heterocycles. The summed E-state index contributed by atoms with van der Waals surface area (Å²) in [5.41, 5.74) is 11.2. The topological polar surface area (TPSA) is 24.9 Å². The molecule has 1 heterocycles. The van der Waals surface area contributed by atoms with Gasteiger partial charge in [0.25, 0.3) is 0 Å². The third-order valence-corrected chi connectivity index (χ3v) is 6.08. The summed E-state index contributed by atoms with van der Waals surface area (Å²) in [6.45, 7) is 16.7. The highest BCUT2D eigenvalue weighted by Crippen LogP contribution is 2.31.